The van der Waals surface area contributed by atoms with E-state index in [1.54, 1.807) is 0 Å². The summed E-state index contributed by atoms with van der Waals surface area (Å²) in [6.45, 7) is 4.15. The van der Waals surface area contributed by atoms with Gasteiger partial charge in [-0.25, -0.2) is 13.2 Å². The number of methoxy groups -OCH3 is 1. The number of sulfonamides is 1. The molecule has 0 aliphatic carbocycles. The number of carbonyl (C=O) groups is 1. The minimum absolute atomic E-state index is 0.120. The van der Waals surface area contributed by atoms with Gasteiger partial charge in [0.25, 0.3) is 10.0 Å². The second-order valence-electron chi connectivity index (χ2n) is 7.54. The number of esters is 1. The first kappa shape index (κ1) is 22.0. The standard InChI is InChI=1S/C25H23NO4S2/c1-17-8-10-19(11-9-17)16-26(24-18(2)22-6-4-5-7-23(22)31-24)32(28,29)21-14-12-20(13-15-21)25(27)30-3/h4-15H,16H2,1-3H3. The van der Waals surface area contributed by atoms with Crippen molar-refractivity contribution in [2.75, 3.05) is 11.4 Å². The summed E-state index contributed by atoms with van der Waals surface area (Å²) >= 11 is 1.46. The predicted octanol–water partition coefficient (Wildman–Crippen LogP) is 5.70. The third-order valence-corrected chi connectivity index (χ3v) is 8.53. The second kappa shape index (κ2) is 8.76. The Morgan fingerprint density at radius 3 is 2.22 bits per heavy atom. The molecule has 0 aliphatic heterocycles. The quantitative estimate of drug-likeness (QED) is 0.343. The summed E-state index contributed by atoms with van der Waals surface area (Å²) in [7, 11) is -2.60. The highest BCUT2D eigenvalue weighted by molar-refractivity contribution is 7.93. The Morgan fingerprint density at radius 1 is 0.938 bits per heavy atom. The van der Waals surface area contributed by atoms with Gasteiger partial charge >= 0.3 is 5.97 Å². The summed E-state index contributed by atoms with van der Waals surface area (Å²) in [6, 6.07) is 21.6. The van der Waals surface area contributed by atoms with E-state index in [1.165, 1.54) is 47.0 Å². The van der Waals surface area contributed by atoms with E-state index in [-0.39, 0.29) is 11.4 Å². The van der Waals surface area contributed by atoms with E-state index in [0.29, 0.717) is 10.6 Å². The monoisotopic (exact) mass is 465 g/mol. The third kappa shape index (κ3) is 4.13. The average Bonchev–Trinajstić information content (AvgIpc) is 3.14. The molecule has 0 atom stereocenters. The highest BCUT2D eigenvalue weighted by Gasteiger charge is 2.29. The second-order valence-corrected chi connectivity index (χ2v) is 10.4. The zero-order chi connectivity index (χ0) is 22.9. The van der Waals surface area contributed by atoms with Crippen LogP contribution in [0.2, 0.25) is 0 Å². The van der Waals surface area contributed by atoms with Gasteiger partial charge in [0.1, 0.15) is 5.00 Å². The smallest absolute Gasteiger partial charge is 0.337 e. The number of rotatable bonds is 6. The average molecular weight is 466 g/mol. The predicted molar refractivity (Wildman–Crippen MR) is 129 cm³/mol. The van der Waals surface area contributed by atoms with Crippen LogP contribution < -0.4 is 4.31 Å². The Balaban J connectivity index is 1.83. The number of nitrogens with zero attached hydrogens (tertiary/aromatic N) is 1. The molecule has 0 radical (unpaired) electrons. The number of anilines is 1. The van der Waals surface area contributed by atoms with Gasteiger partial charge in [0, 0.05) is 4.70 Å². The minimum Gasteiger partial charge on any atom is -0.465 e. The highest BCUT2D eigenvalue weighted by Crippen LogP contribution is 2.40. The van der Waals surface area contributed by atoms with Crippen LogP contribution in [0, 0.1) is 13.8 Å². The molecule has 7 heteroatoms. The Bertz CT molecular complexity index is 1370. The Morgan fingerprint density at radius 2 is 1.59 bits per heavy atom. The molecule has 4 aromatic rings. The van der Waals surface area contributed by atoms with E-state index in [4.69, 9.17) is 4.74 Å². The molecule has 0 saturated carbocycles. The SMILES string of the molecule is COC(=O)c1ccc(S(=O)(=O)N(Cc2ccc(C)cc2)c2sc3ccccc3c2C)cc1. The number of carbonyl (C=O) groups excluding carboxylic acids is 1. The molecule has 1 aromatic heterocycles. The molecule has 0 unspecified atom stereocenters. The molecule has 164 valence electrons. The van der Waals surface area contributed by atoms with Crippen molar-refractivity contribution in [1.29, 1.82) is 0 Å². The van der Waals surface area contributed by atoms with Crippen molar-refractivity contribution in [1.82, 2.24) is 0 Å². The van der Waals surface area contributed by atoms with Crippen LogP contribution in [0.5, 0.6) is 0 Å². The van der Waals surface area contributed by atoms with Crippen LogP contribution in [0.4, 0.5) is 5.00 Å². The molecular formula is C25H23NO4S2. The highest BCUT2D eigenvalue weighted by atomic mass is 32.2. The van der Waals surface area contributed by atoms with Gasteiger partial charge < -0.3 is 4.74 Å². The van der Waals surface area contributed by atoms with Crippen LogP contribution in [-0.2, 0) is 21.3 Å². The molecule has 1 heterocycles. The van der Waals surface area contributed by atoms with E-state index < -0.39 is 16.0 Å². The van der Waals surface area contributed by atoms with Crippen LogP contribution >= 0.6 is 11.3 Å². The minimum atomic E-state index is -3.89. The number of aryl methyl sites for hydroxylation is 2. The van der Waals surface area contributed by atoms with E-state index in [1.807, 2.05) is 62.4 Å². The topological polar surface area (TPSA) is 63.7 Å². The number of thiophene rings is 1. The molecule has 0 saturated heterocycles. The van der Waals surface area contributed by atoms with Gasteiger partial charge in [-0.05, 0) is 60.7 Å². The van der Waals surface area contributed by atoms with Crippen molar-refractivity contribution in [3.63, 3.8) is 0 Å². The lowest BCUT2D eigenvalue weighted by molar-refractivity contribution is 0.0600. The molecule has 0 N–H and O–H groups in total. The van der Waals surface area contributed by atoms with Gasteiger partial charge in [0.15, 0.2) is 0 Å². The van der Waals surface area contributed by atoms with Gasteiger partial charge in [0.2, 0.25) is 0 Å². The van der Waals surface area contributed by atoms with Crippen LogP contribution in [0.15, 0.2) is 77.7 Å². The third-order valence-electron chi connectivity index (χ3n) is 5.36. The van der Waals surface area contributed by atoms with Gasteiger partial charge in [-0.1, -0.05) is 48.0 Å². The lowest BCUT2D eigenvalue weighted by atomic mass is 10.1. The first-order chi connectivity index (χ1) is 15.3. The van der Waals surface area contributed by atoms with E-state index >= 15 is 0 Å². The zero-order valence-corrected chi connectivity index (χ0v) is 19.7. The van der Waals surface area contributed by atoms with Gasteiger partial charge in [-0.15, -0.1) is 11.3 Å². The maximum absolute atomic E-state index is 13.8. The fraction of sp³-hybridized carbons (Fsp3) is 0.160. The fourth-order valence-electron chi connectivity index (χ4n) is 3.53. The van der Waals surface area contributed by atoms with Crippen molar-refractivity contribution < 1.29 is 17.9 Å². The lowest BCUT2D eigenvalue weighted by Crippen LogP contribution is -2.30. The summed E-state index contributed by atoms with van der Waals surface area (Å²) in [6.07, 6.45) is 0. The molecule has 3 aromatic carbocycles. The number of ether oxygens (including phenoxy) is 1. The number of benzene rings is 3. The van der Waals surface area contributed by atoms with E-state index in [2.05, 4.69) is 0 Å². The van der Waals surface area contributed by atoms with E-state index in [9.17, 15) is 13.2 Å². The molecule has 0 aliphatic rings. The van der Waals surface area contributed by atoms with Gasteiger partial charge in [0.05, 0.1) is 24.1 Å². The zero-order valence-electron chi connectivity index (χ0n) is 18.0. The molecule has 0 bridgehead atoms. The van der Waals surface area contributed by atoms with Crippen LogP contribution in [0.3, 0.4) is 0 Å². The van der Waals surface area contributed by atoms with Crippen molar-refractivity contribution in [2.24, 2.45) is 0 Å². The maximum atomic E-state index is 13.8. The molecular weight excluding hydrogens is 442 g/mol. The Kier molecular flexibility index (Phi) is 6.04. The summed E-state index contributed by atoms with van der Waals surface area (Å²) in [5.74, 6) is -0.509. The first-order valence-electron chi connectivity index (χ1n) is 10.1. The lowest BCUT2D eigenvalue weighted by Gasteiger charge is -2.24. The summed E-state index contributed by atoms with van der Waals surface area (Å²) in [5, 5.41) is 1.72. The summed E-state index contributed by atoms with van der Waals surface area (Å²) < 4.78 is 34.8. The number of hydrogen-bond acceptors (Lipinski definition) is 5. The normalized spacial score (nSPS) is 11.5. The molecule has 5 nitrogen and oxygen atoms in total. The molecule has 4 rings (SSSR count). The Labute approximate surface area is 191 Å². The number of fused-ring (bicyclic) bond motifs is 1. The summed E-state index contributed by atoms with van der Waals surface area (Å²) in [4.78, 5) is 11.9. The molecule has 0 amide bonds. The summed E-state index contributed by atoms with van der Waals surface area (Å²) in [5.41, 5.74) is 3.23. The van der Waals surface area contributed by atoms with Crippen molar-refractivity contribution in [3.05, 3.63) is 95.1 Å². The fourth-order valence-corrected chi connectivity index (χ4v) is 6.46. The van der Waals surface area contributed by atoms with Crippen LogP contribution in [0.1, 0.15) is 27.0 Å². The molecule has 32 heavy (non-hydrogen) atoms. The Hall–Kier alpha value is -3.16. The van der Waals surface area contributed by atoms with Crippen molar-refractivity contribution in [2.45, 2.75) is 25.3 Å². The van der Waals surface area contributed by atoms with Gasteiger partial charge in [-0.2, -0.15) is 0 Å². The van der Waals surface area contributed by atoms with Crippen molar-refractivity contribution in [3.8, 4) is 0 Å². The molecule has 0 spiro atoms. The van der Waals surface area contributed by atoms with Crippen LogP contribution in [-0.4, -0.2) is 21.5 Å². The maximum Gasteiger partial charge on any atom is 0.337 e. The largest absolute Gasteiger partial charge is 0.465 e. The van der Waals surface area contributed by atoms with Crippen molar-refractivity contribution >= 4 is 42.4 Å². The first-order valence-corrected chi connectivity index (χ1v) is 12.3. The van der Waals surface area contributed by atoms with Crippen LogP contribution in [0.25, 0.3) is 10.1 Å². The van der Waals surface area contributed by atoms with Gasteiger partial charge in [-0.3, -0.25) is 4.31 Å². The molecule has 0 fully saturated rings. The number of hydrogen-bond donors (Lipinski definition) is 0. The van der Waals surface area contributed by atoms with E-state index in [0.717, 1.165) is 26.8 Å².